The highest BCUT2D eigenvalue weighted by Crippen LogP contribution is 2.38. The summed E-state index contributed by atoms with van der Waals surface area (Å²) in [5, 5.41) is 0.683. The number of carbonyl (C=O) groups excluding carboxylic acids is 2. The molecule has 0 atom stereocenters. The molecule has 0 aliphatic carbocycles. The molecule has 1 heterocycles. The van der Waals surface area contributed by atoms with Gasteiger partial charge in [0.2, 0.25) is 0 Å². The van der Waals surface area contributed by atoms with E-state index in [0.717, 1.165) is 22.6 Å². The molecular weight excluding hydrogens is 196 g/mol. The molecule has 0 radical (unpaired) electrons. The SMILES string of the molecule is O=C1SCSSC(=O)S1. The summed E-state index contributed by atoms with van der Waals surface area (Å²) in [5.41, 5.74) is 0. The maximum absolute atomic E-state index is 10.6. The molecule has 6 heteroatoms. The van der Waals surface area contributed by atoms with Gasteiger partial charge in [-0.25, -0.2) is 0 Å². The Morgan fingerprint density at radius 1 is 1.22 bits per heavy atom. The van der Waals surface area contributed by atoms with Gasteiger partial charge in [0.15, 0.2) is 0 Å². The Morgan fingerprint density at radius 2 is 2.00 bits per heavy atom. The first kappa shape index (κ1) is 7.84. The Labute approximate surface area is 68.7 Å². The molecule has 0 saturated carbocycles. The summed E-state index contributed by atoms with van der Waals surface area (Å²) in [7, 11) is 2.56. The van der Waals surface area contributed by atoms with Crippen molar-refractivity contribution in [2.24, 2.45) is 0 Å². The van der Waals surface area contributed by atoms with Crippen LogP contribution in [0.25, 0.3) is 0 Å². The van der Waals surface area contributed by atoms with Gasteiger partial charge in [-0.05, 0) is 10.8 Å². The van der Waals surface area contributed by atoms with Gasteiger partial charge in [-0.3, -0.25) is 9.59 Å². The minimum absolute atomic E-state index is 0.0856. The van der Waals surface area contributed by atoms with Gasteiger partial charge in [0.05, 0.1) is 5.08 Å². The summed E-state index contributed by atoms with van der Waals surface area (Å²) in [6.07, 6.45) is 0. The molecule has 2 nitrogen and oxygen atoms in total. The number of hydrogen-bond donors (Lipinski definition) is 0. The first-order valence-electron chi connectivity index (χ1n) is 1.97. The summed E-state index contributed by atoms with van der Waals surface area (Å²) < 4.78 is -0.187. The maximum atomic E-state index is 10.6. The van der Waals surface area contributed by atoms with Crippen LogP contribution in [0.15, 0.2) is 0 Å². The highest BCUT2D eigenvalue weighted by molar-refractivity contribution is 8.89. The van der Waals surface area contributed by atoms with Crippen molar-refractivity contribution in [3.63, 3.8) is 0 Å². The number of thioether (sulfide) groups is 2. The van der Waals surface area contributed by atoms with Crippen molar-refractivity contribution in [3.05, 3.63) is 0 Å². The molecule has 0 amide bonds. The molecule has 1 fully saturated rings. The van der Waals surface area contributed by atoms with E-state index in [9.17, 15) is 9.59 Å². The van der Waals surface area contributed by atoms with E-state index in [1.807, 2.05) is 0 Å². The van der Waals surface area contributed by atoms with Crippen LogP contribution in [0, 0.1) is 0 Å². The molecule has 1 saturated heterocycles. The van der Waals surface area contributed by atoms with E-state index >= 15 is 0 Å². The van der Waals surface area contributed by atoms with Crippen molar-refractivity contribution >= 4 is 54.0 Å². The molecule has 0 bridgehead atoms. The van der Waals surface area contributed by atoms with Crippen LogP contribution in [-0.4, -0.2) is 14.0 Å². The Balaban J connectivity index is 2.47. The smallest absolute Gasteiger partial charge is 0.264 e. The van der Waals surface area contributed by atoms with Crippen molar-refractivity contribution in [2.75, 3.05) is 5.08 Å². The van der Waals surface area contributed by atoms with Crippen LogP contribution in [0.4, 0.5) is 9.59 Å². The van der Waals surface area contributed by atoms with Gasteiger partial charge in [0, 0.05) is 11.8 Å². The molecule has 1 aliphatic rings. The molecule has 50 valence electrons. The second-order valence-corrected chi connectivity index (χ2v) is 6.11. The topological polar surface area (TPSA) is 34.1 Å². The van der Waals surface area contributed by atoms with Crippen molar-refractivity contribution in [2.45, 2.75) is 0 Å². The normalized spacial score (nSPS) is 21.8. The van der Waals surface area contributed by atoms with Gasteiger partial charge >= 0.3 is 0 Å². The van der Waals surface area contributed by atoms with Crippen molar-refractivity contribution in [1.29, 1.82) is 0 Å². The fourth-order valence-corrected chi connectivity index (χ4v) is 4.57. The Morgan fingerprint density at radius 3 is 2.78 bits per heavy atom. The lowest BCUT2D eigenvalue weighted by Gasteiger charge is -1.83. The zero-order valence-electron chi connectivity index (χ0n) is 4.16. The third-order valence-electron chi connectivity index (χ3n) is 0.519. The molecule has 0 aromatic rings. The average molecular weight is 198 g/mol. The third-order valence-corrected chi connectivity index (χ3v) is 5.29. The molecule has 0 spiro atoms. The fourth-order valence-electron chi connectivity index (χ4n) is 0.259. The third kappa shape index (κ3) is 2.88. The fraction of sp³-hybridized carbons (Fsp3) is 0.333. The zero-order valence-corrected chi connectivity index (χ0v) is 7.42. The lowest BCUT2D eigenvalue weighted by Crippen LogP contribution is -1.80. The van der Waals surface area contributed by atoms with E-state index in [1.165, 1.54) is 22.6 Å². The minimum atomic E-state index is -0.102. The lowest BCUT2D eigenvalue weighted by molar-refractivity contribution is 0.274. The van der Waals surface area contributed by atoms with E-state index in [1.54, 1.807) is 0 Å². The van der Waals surface area contributed by atoms with Gasteiger partial charge in [0.25, 0.3) is 8.89 Å². The molecule has 0 aromatic carbocycles. The van der Waals surface area contributed by atoms with Crippen LogP contribution in [0.2, 0.25) is 0 Å². The molecular formula is C3H2O2S4. The zero-order chi connectivity index (χ0) is 6.69. The predicted molar refractivity (Wildman–Crippen MR) is 46.0 cm³/mol. The van der Waals surface area contributed by atoms with Gasteiger partial charge in [-0.1, -0.05) is 22.6 Å². The van der Waals surface area contributed by atoms with E-state index in [-0.39, 0.29) is 8.89 Å². The second kappa shape index (κ2) is 3.80. The number of rotatable bonds is 0. The summed E-state index contributed by atoms with van der Waals surface area (Å²) in [6.45, 7) is 0. The summed E-state index contributed by atoms with van der Waals surface area (Å²) in [5.74, 6) is 0. The Kier molecular flexibility index (Phi) is 3.31. The predicted octanol–water partition coefficient (Wildman–Crippen LogP) is 3.05. The first-order valence-corrected chi connectivity index (χ1v) is 6.09. The molecule has 0 N–H and O–H groups in total. The molecule has 0 aromatic heterocycles. The summed E-state index contributed by atoms with van der Waals surface area (Å²) in [4.78, 5) is 21.1. The Hall–Kier alpha value is 0.740. The standard InChI is InChI=1S/C3H2O2S4/c4-2-6-1-7-9-3(5)8-2/h1H2. The van der Waals surface area contributed by atoms with Crippen molar-refractivity contribution in [3.8, 4) is 0 Å². The quantitative estimate of drug-likeness (QED) is 0.556. The highest BCUT2D eigenvalue weighted by atomic mass is 33.1. The van der Waals surface area contributed by atoms with Gasteiger partial charge in [0.1, 0.15) is 0 Å². The van der Waals surface area contributed by atoms with Gasteiger partial charge < -0.3 is 0 Å². The highest BCUT2D eigenvalue weighted by Gasteiger charge is 2.16. The molecule has 9 heavy (non-hydrogen) atoms. The Bertz CT molecular complexity index is 129. The van der Waals surface area contributed by atoms with E-state index in [2.05, 4.69) is 0 Å². The monoisotopic (exact) mass is 198 g/mol. The van der Waals surface area contributed by atoms with Crippen LogP contribution in [-0.2, 0) is 0 Å². The minimum Gasteiger partial charge on any atom is -0.274 e. The lowest BCUT2D eigenvalue weighted by atomic mass is 11.7. The second-order valence-electron chi connectivity index (χ2n) is 1.07. The van der Waals surface area contributed by atoms with E-state index in [0.29, 0.717) is 5.08 Å². The van der Waals surface area contributed by atoms with Crippen molar-refractivity contribution in [1.82, 2.24) is 0 Å². The molecule has 1 aliphatic heterocycles. The van der Waals surface area contributed by atoms with Crippen LogP contribution in [0.1, 0.15) is 0 Å². The molecule has 1 rings (SSSR count). The van der Waals surface area contributed by atoms with Crippen LogP contribution in [0.5, 0.6) is 0 Å². The molecule has 0 unspecified atom stereocenters. The summed E-state index contributed by atoms with van der Waals surface area (Å²) in [6, 6.07) is 0. The largest absolute Gasteiger partial charge is 0.274 e. The van der Waals surface area contributed by atoms with Gasteiger partial charge in [-0.15, -0.1) is 0 Å². The summed E-state index contributed by atoms with van der Waals surface area (Å²) >= 11 is 1.98. The van der Waals surface area contributed by atoms with Gasteiger partial charge in [-0.2, -0.15) is 0 Å². The first-order chi connectivity index (χ1) is 4.29. The number of carbonyl (C=O) groups is 2. The maximum Gasteiger partial charge on any atom is 0.264 e. The van der Waals surface area contributed by atoms with Crippen LogP contribution in [0.3, 0.4) is 0 Å². The van der Waals surface area contributed by atoms with E-state index in [4.69, 9.17) is 0 Å². The van der Waals surface area contributed by atoms with Crippen LogP contribution < -0.4 is 0 Å². The number of hydrogen-bond acceptors (Lipinski definition) is 6. The average Bonchev–Trinajstić information content (AvgIpc) is 1.93. The van der Waals surface area contributed by atoms with Crippen LogP contribution >= 0.6 is 45.1 Å². The van der Waals surface area contributed by atoms with E-state index < -0.39 is 0 Å². The van der Waals surface area contributed by atoms with Crippen molar-refractivity contribution < 1.29 is 9.59 Å².